The summed E-state index contributed by atoms with van der Waals surface area (Å²) < 4.78 is 0. The maximum absolute atomic E-state index is 4.55. The van der Waals surface area contributed by atoms with E-state index in [2.05, 4.69) is 41.4 Å². The smallest absolute Gasteiger partial charge is 0.134 e. The first-order valence-electron chi connectivity index (χ1n) is 8.43. The van der Waals surface area contributed by atoms with Gasteiger partial charge in [-0.2, -0.15) is 0 Å². The van der Waals surface area contributed by atoms with Crippen molar-refractivity contribution in [3.63, 3.8) is 0 Å². The summed E-state index contributed by atoms with van der Waals surface area (Å²) in [6.07, 6.45) is 6.86. The lowest BCUT2D eigenvalue weighted by molar-refractivity contribution is 0.282. The van der Waals surface area contributed by atoms with Gasteiger partial charge in [-0.3, -0.25) is 0 Å². The summed E-state index contributed by atoms with van der Waals surface area (Å²) in [7, 11) is 0. The highest BCUT2D eigenvalue weighted by atomic mass is 15.1. The van der Waals surface area contributed by atoms with Crippen LogP contribution in [0.1, 0.15) is 57.3 Å². The fraction of sp³-hybridized carbons (Fsp3) is 0.765. The van der Waals surface area contributed by atoms with Crippen molar-refractivity contribution in [3.05, 3.63) is 11.4 Å². The fourth-order valence-electron chi connectivity index (χ4n) is 3.15. The quantitative estimate of drug-likeness (QED) is 0.826. The van der Waals surface area contributed by atoms with Gasteiger partial charge in [0.15, 0.2) is 0 Å². The van der Waals surface area contributed by atoms with E-state index in [0.29, 0.717) is 0 Å². The van der Waals surface area contributed by atoms with Gasteiger partial charge in [0.05, 0.1) is 0 Å². The molecule has 0 unspecified atom stereocenters. The zero-order valence-electron chi connectivity index (χ0n) is 14.0. The third-order valence-corrected chi connectivity index (χ3v) is 4.58. The monoisotopic (exact) mass is 290 g/mol. The molecule has 0 amide bonds. The minimum atomic E-state index is 0.825. The Morgan fingerprint density at radius 2 is 1.62 bits per heavy atom. The van der Waals surface area contributed by atoms with Crippen molar-refractivity contribution in [2.75, 3.05) is 23.7 Å². The Kier molecular flexibility index (Phi) is 5.83. The molecule has 0 bridgehead atoms. The van der Waals surface area contributed by atoms with Crippen LogP contribution in [0.5, 0.6) is 0 Å². The Morgan fingerprint density at radius 1 is 1.00 bits per heavy atom. The highest BCUT2D eigenvalue weighted by Gasteiger charge is 2.18. The molecule has 1 aliphatic carbocycles. The molecule has 1 aromatic heterocycles. The SMILES string of the molecule is CCNc1nc(C)nc(NCCC2CCC(C)CC2)c1C. The molecular formula is C17H30N4. The molecule has 21 heavy (non-hydrogen) atoms. The first kappa shape index (κ1) is 16.1. The molecule has 0 saturated heterocycles. The van der Waals surface area contributed by atoms with E-state index in [-0.39, 0.29) is 0 Å². The van der Waals surface area contributed by atoms with Crippen LogP contribution >= 0.6 is 0 Å². The van der Waals surface area contributed by atoms with Gasteiger partial charge in [0.1, 0.15) is 17.5 Å². The van der Waals surface area contributed by atoms with Gasteiger partial charge in [-0.15, -0.1) is 0 Å². The molecule has 0 radical (unpaired) electrons. The summed E-state index contributed by atoms with van der Waals surface area (Å²) in [6.45, 7) is 10.4. The van der Waals surface area contributed by atoms with Gasteiger partial charge in [0.2, 0.25) is 0 Å². The molecule has 1 aromatic rings. The van der Waals surface area contributed by atoms with Gasteiger partial charge < -0.3 is 10.6 Å². The summed E-state index contributed by atoms with van der Waals surface area (Å²) in [6, 6.07) is 0. The van der Waals surface area contributed by atoms with Crippen LogP contribution in [0.15, 0.2) is 0 Å². The van der Waals surface area contributed by atoms with Crippen LogP contribution in [0, 0.1) is 25.7 Å². The van der Waals surface area contributed by atoms with Crippen molar-refractivity contribution in [1.82, 2.24) is 9.97 Å². The highest BCUT2D eigenvalue weighted by molar-refractivity contribution is 5.57. The van der Waals surface area contributed by atoms with Crippen LogP contribution in [0.2, 0.25) is 0 Å². The molecule has 1 fully saturated rings. The van der Waals surface area contributed by atoms with Crippen molar-refractivity contribution in [2.24, 2.45) is 11.8 Å². The molecule has 1 saturated carbocycles. The summed E-state index contributed by atoms with van der Waals surface area (Å²) in [5, 5.41) is 6.83. The summed E-state index contributed by atoms with van der Waals surface area (Å²) in [4.78, 5) is 9.02. The number of nitrogens with one attached hydrogen (secondary N) is 2. The van der Waals surface area contributed by atoms with E-state index in [0.717, 1.165) is 47.9 Å². The molecule has 0 aromatic carbocycles. The van der Waals surface area contributed by atoms with E-state index in [1.54, 1.807) is 0 Å². The molecular weight excluding hydrogens is 260 g/mol. The van der Waals surface area contributed by atoms with E-state index in [1.807, 2.05) is 6.92 Å². The van der Waals surface area contributed by atoms with E-state index in [9.17, 15) is 0 Å². The first-order valence-corrected chi connectivity index (χ1v) is 8.43. The lowest BCUT2D eigenvalue weighted by atomic mass is 9.81. The second kappa shape index (κ2) is 7.62. The van der Waals surface area contributed by atoms with Crippen LogP contribution < -0.4 is 10.6 Å². The molecule has 2 rings (SSSR count). The number of rotatable bonds is 6. The molecule has 118 valence electrons. The predicted molar refractivity (Wildman–Crippen MR) is 89.9 cm³/mol. The van der Waals surface area contributed by atoms with Crippen molar-refractivity contribution in [2.45, 2.75) is 59.8 Å². The second-order valence-corrected chi connectivity index (χ2v) is 6.46. The topological polar surface area (TPSA) is 49.8 Å². The van der Waals surface area contributed by atoms with Crippen LogP contribution in [-0.4, -0.2) is 23.1 Å². The zero-order valence-corrected chi connectivity index (χ0v) is 14.0. The van der Waals surface area contributed by atoms with Crippen molar-refractivity contribution in [1.29, 1.82) is 0 Å². The number of nitrogens with zero attached hydrogens (tertiary/aromatic N) is 2. The Bertz CT molecular complexity index is 450. The summed E-state index contributed by atoms with van der Waals surface area (Å²) in [5.41, 5.74) is 1.12. The van der Waals surface area contributed by atoms with Crippen LogP contribution in [-0.2, 0) is 0 Å². The average molecular weight is 290 g/mol. The van der Waals surface area contributed by atoms with Gasteiger partial charge in [0, 0.05) is 18.7 Å². The third kappa shape index (κ3) is 4.58. The van der Waals surface area contributed by atoms with Gasteiger partial charge in [0.25, 0.3) is 0 Å². The molecule has 4 nitrogen and oxygen atoms in total. The minimum absolute atomic E-state index is 0.825. The number of hydrogen-bond donors (Lipinski definition) is 2. The minimum Gasteiger partial charge on any atom is -0.370 e. The summed E-state index contributed by atoms with van der Waals surface area (Å²) in [5.74, 6) is 4.60. The molecule has 0 spiro atoms. The second-order valence-electron chi connectivity index (χ2n) is 6.46. The van der Waals surface area contributed by atoms with E-state index in [4.69, 9.17) is 0 Å². The van der Waals surface area contributed by atoms with Gasteiger partial charge in [-0.1, -0.05) is 32.6 Å². The fourth-order valence-corrected chi connectivity index (χ4v) is 3.15. The standard InChI is InChI=1S/C17H30N4/c1-5-18-16-13(3)17(21-14(4)20-16)19-11-10-15-8-6-12(2)7-9-15/h12,15H,5-11H2,1-4H3,(H2,18,19,20,21). The largest absolute Gasteiger partial charge is 0.370 e. The number of anilines is 2. The molecule has 1 heterocycles. The van der Waals surface area contributed by atoms with Crippen molar-refractivity contribution in [3.8, 4) is 0 Å². The predicted octanol–water partition coefficient (Wildman–Crippen LogP) is 4.15. The van der Waals surface area contributed by atoms with E-state index in [1.165, 1.54) is 32.1 Å². The number of aromatic nitrogens is 2. The number of aryl methyl sites for hydroxylation is 1. The molecule has 4 heteroatoms. The lowest BCUT2D eigenvalue weighted by Gasteiger charge is -2.26. The van der Waals surface area contributed by atoms with Gasteiger partial charge >= 0.3 is 0 Å². The van der Waals surface area contributed by atoms with Crippen molar-refractivity contribution >= 4 is 11.6 Å². The van der Waals surface area contributed by atoms with E-state index < -0.39 is 0 Å². The molecule has 2 N–H and O–H groups in total. The van der Waals surface area contributed by atoms with Crippen LogP contribution in [0.3, 0.4) is 0 Å². The highest BCUT2D eigenvalue weighted by Crippen LogP contribution is 2.30. The maximum atomic E-state index is 4.55. The van der Waals surface area contributed by atoms with Gasteiger partial charge in [-0.25, -0.2) is 9.97 Å². The van der Waals surface area contributed by atoms with E-state index >= 15 is 0 Å². The molecule has 0 aliphatic heterocycles. The van der Waals surface area contributed by atoms with Crippen molar-refractivity contribution < 1.29 is 0 Å². The van der Waals surface area contributed by atoms with Crippen LogP contribution in [0.4, 0.5) is 11.6 Å². The normalized spacial score (nSPS) is 22.1. The Hall–Kier alpha value is -1.32. The molecule has 0 atom stereocenters. The Balaban J connectivity index is 1.88. The Labute approximate surface area is 129 Å². The van der Waals surface area contributed by atoms with Crippen LogP contribution in [0.25, 0.3) is 0 Å². The molecule has 1 aliphatic rings. The number of hydrogen-bond acceptors (Lipinski definition) is 4. The zero-order chi connectivity index (χ0) is 15.2. The summed E-state index contributed by atoms with van der Waals surface area (Å²) >= 11 is 0. The first-order chi connectivity index (χ1) is 10.1. The third-order valence-electron chi connectivity index (χ3n) is 4.58. The maximum Gasteiger partial charge on any atom is 0.134 e. The Morgan fingerprint density at radius 3 is 2.24 bits per heavy atom. The van der Waals surface area contributed by atoms with Gasteiger partial charge in [-0.05, 0) is 39.0 Å². The lowest BCUT2D eigenvalue weighted by Crippen LogP contribution is -2.17. The average Bonchev–Trinajstić information content (AvgIpc) is 2.46.